The van der Waals surface area contributed by atoms with Gasteiger partial charge in [0.1, 0.15) is 5.66 Å². The fourth-order valence-corrected chi connectivity index (χ4v) is 2.31. The number of anilines is 2. The lowest BCUT2D eigenvalue weighted by molar-refractivity contribution is 0.346. The van der Waals surface area contributed by atoms with Crippen LogP contribution in [-0.2, 0) is 5.66 Å². The van der Waals surface area contributed by atoms with Gasteiger partial charge in [-0.1, -0.05) is 6.07 Å². The zero-order chi connectivity index (χ0) is 13.2. The molecule has 7 heteroatoms. The van der Waals surface area contributed by atoms with Crippen LogP contribution >= 0.6 is 24.8 Å². The van der Waals surface area contributed by atoms with Gasteiger partial charge in [-0.2, -0.15) is 0 Å². The molecule has 1 atom stereocenters. The number of halogens is 2. The molecule has 0 fully saturated rings. The molecule has 5 nitrogen and oxygen atoms in total. The summed E-state index contributed by atoms with van der Waals surface area (Å²) in [6, 6.07) is 5.76. The van der Waals surface area contributed by atoms with Crippen molar-refractivity contribution < 1.29 is 0 Å². The third kappa shape index (κ3) is 3.99. The summed E-state index contributed by atoms with van der Waals surface area (Å²) >= 11 is 0. The molecule has 0 saturated carbocycles. The Bertz CT molecular complexity index is 464. The molecular formula is C13H23Cl2N5. The van der Waals surface area contributed by atoms with Crippen molar-refractivity contribution >= 4 is 42.5 Å². The molecule has 1 aliphatic rings. The number of rotatable bonds is 4. The largest absolute Gasteiger partial charge is 0.398 e. The molecule has 1 unspecified atom stereocenters. The Hall–Kier alpha value is -1.01. The van der Waals surface area contributed by atoms with E-state index in [1.165, 1.54) is 0 Å². The van der Waals surface area contributed by atoms with Gasteiger partial charge in [0.05, 0.1) is 6.34 Å². The van der Waals surface area contributed by atoms with Crippen molar-refractivity contribution in [3.63, 3.8) is 0 Å². The van der Waals surface area contributed by atoms with Crippen molar-refractivity contribution in [1.29, 1.82) is 0 Å². The lowest BCUT2D eigenvalue weighted by Crippen LogP contribution is -2.39. The Morgan fingerprint density at radius 1 is 1.30 bits per heavy atom. The highest BCUT2D eigenvalue weighted by atomic mass is 35.5. The Balaban J connectivity index is 0.00000180. The Morgan fingerprint density at radius 3 is 2.65 bits per heavy atom. The Morgan fingerprint density at radius 2 is 2.00 bits per heavy atom. The zero-order valence-electron chi connectivity index (χ0n) is 11.8. The van der Waals surface area contributed by atoms with Crippen molar-refractivity contribution in [1.82, 2.24) is 4.90 Å². The molecular weight excluding hydrogens is 297 g/mol. The molecule has 0 radical (unpaired) electrons. The number of hydrogen-bond donors (Lipinski definition) is 3. The van der Waals surface area contributed by atoms with Gasteiger partial charge in [-0.05, 0) is 45.6 Å². The first-order valence-corrected chi connectivity index (χ1v) is 6.16. The van der Waals surface area contributed by atoms with Crippen molar-refractivity contribution in [2.24, 2.45) is 10.7 Å². The van der Waals surface area contributed by atoms with Gasteiger partial charge >= 0.3 is 0 Å². The lowest BCUT2D eigenvalue weighted by atomic mass is 9.91. The fourth-order valence-electron chi connectivity index (χ4n) is 2.31. The summed E-state index contributed by atoms with van der Waals surface area (Å²) in [5.74, 6) is 0. The van der Waals surface area contributed by atoms with Gasteiger partial charge in [0.15, 0.2) is 0 Å². The maximum atomic E-state index is 6.42. The number of aliphatic imine (C=N–C) groups is 1. The summed E-state index contributed by atoms with van der Waals surface area (Å²) in [5, 5.41) is 3.10. The highest BCUT2D eigenvalue weighted by Gasteiger charge is 2.32. The standard InChI is InChI=1S/C13H21N5.2ClH/c1-18(2)8-4-7-13(15)12-10(14)5-3-6-11(12)16-9-17-13;;/h3,5-6,9H,4,7-8,14-15H2,1-2H3,(H,16,17);2*1H. The van der Waals surface area contributed by atoms with Gasteiger partial charge in [-0.15, -0.1) is 24.8 Å². The highest BCUT2D eigenvalue weighted by Crippen LogP contribution is 2.37. The van der Waals surface area contributed by atoms with Crippen molar-refractivity contribution in [2.45, 2.75) is 18.5 Å². The second-order valence-corrected chi connectivity index (χ2v) is 5.00. The smallest absolute Gasteiger partial charge is 0.139 e. The summed E-state index contributed by atoms with van der Waals surface area (Å²) in [5.41, 5.74) is 14.3. The summed E-state index contributed by atoms with van der Waals surface area (Å²) < 4.78 is 0. The van der Waals surface area contributed by atoms with Gasteiger partial charge in [0, 0.05) is 16.9 Å². The molecule has 5 N–H and O–H groups in total. The second-order valence-electron chi connectivity index (χ2n) is 5.00. The Kier molecular flexibility index (Phi) is 7.30. The molecule has 2 rings (SSSR count). The normalized spacial score (nSPS) is 19.6. The topological polar surface area (TPSA) is 79.7 Å². The number of hydrogen-bond acceptors (Lipinski definition) is 5. The number of nitrogens with two attached hydrogens (primary N) is 2. The molecule has 0 spiro atoms. The number of nitrogen functional groups attached to an aromatic ring is 1. The van der Waals surface area contributed by atoms with Gasteiger partial charge in [-0.3, -0.25) is 0 Å². The first kappa shape index (κ1) is 19.0. The van der Waals surface area contributed by atoms with E-state index in [0.29, 0.717) is 5.69 Å². The van der Waals surface area contributed by atoms with Crippen LogP contribution in [0.5, 0.6) is 0 Å². The van der Waals surface area contributed by atoms with Gasteiger partial charge in [0.25, 0.3) is 0 Å². The van der Waals surface area contributed by atoms with Gasteiger partial charge in [-0.25, -0.2) is 4.99 Å². The molecule has 0 bridgehead atoms. The van der Waals surface area contributed by atoms with Crippen molar-refractivity contribution in [2.75, 3.05) is 31.7 Å². The number of benzene rings is 1. The fraction of sp³-hybridized carbons (Fsp3) is 0.462. The first-order chi connectivity index (χ1) is 8.53. The third-order valence-corrected chi connectivity index (χ3v) is 3.21. The predicted molar refractivity (Wildman–Crippen MR) is 91.1 cm³/mol. The van der Waals surface area contributed by atoms with E-state index in [1.54, 1.807) is 6.34 Å². The van der Waals surface area contributed by atoms with Crippen LogP contribution in [0.4, 0.5) is 11.4 Å². The molecule has 0 saturated heterocycles. The molecule has 0 aliphatic carbocycles. The SMILES string of the molecule is CN(C)CCCC1(N)N=CNc2cccc(N)c21.Cl.Cl. The van der Waals surface area contributed by atoms with Gasteiger partial charge < -0.3 is 21.7 Å². The van der Waals surface area contributed by atoms with Crippen molar-refractivity contribution in [3.05, 3.63) is 23.8 Å². The van der Waals surface area contributed by atoms with E-state index in [0.717, 1.165) is 30.6 Å². The van der Waals surface area contributed by atoms with Crippen LogP contribution in [0.1, 0.15) is 18.4 Å². The molecule has 1 aliphatic heterocycles. The summed E-state index contributed by atoms with van der Waals surface area (Å²) in [6.45, 7) is 0.990. The van der Waals surface area contributed by atoms with E-state index in [1.807, 2.05) is 18.2 Å². The molecule has 0 amide bonds. The minimum Gasteiger partial charge on any atom is -0.398 e. The molecule has 1 aromatic rings. The van der Waals surface area contributed by atoms with Crippen LogP contribution in [0.2, 0.25) is 0 Å². The summed E-state index contributed by atoms with van der Waals surface area (Å²) in [7, 11) is 4.11. The average molecular weight is 320 g/mol. The monoisotopic (exact) mass is 319 g/mol. The number of nitrogens with one attached hydrogen (secondary N) is 1. The minimum absolute atomic E-state index is 0. The van der Waals surface area contributed by atoms with Crippen LogP contribution in [0.3, 0.4) is 0 Å². The van der Waals surface area contributed by atoms with Crippen LogP contribution in [0.25, 0.3) is 0 Å². The van der Waals surface area contributed by atoms with Crippen LogP contribution in [-0.4, -0.2) is 31.9 Å². The number of fused-ring (bicyclic) bond motifs is 1. The Labute approximate surface area is 132 Å². The maximum Gasteiger partial charge on any atom is 0.139 e. The quantitative estimate of drug-likeness (QED) is 0.742. The molecule has 0 aromatic heterocycles. The van der Waals surface area contributed by atoms with E-state index in [4.69, 9.17) is 11.5 Å². The second kappa shape index (κ2) is 7.69. The average Bonchev–Trinajstić information content (AvgIpc) is 2.28. The van der Waals surface area contributed by atoms with E-state index < -0.39 is 5.66 Å². The van der Waals surface area contributed by atoms with E-state index in [-0.39, 0.29) is 24.8 Å². The highest BCUT2D eigenvalue weighted by molar-refractivity contribution is 5.86. The third-order valence-electron chi connectivity index (χ3n) is 3.21. The van der Waals surface area contributed by atoms with E-state index in [2.05, 4.69) is 29.3 Å². The molecule has 1 aromatic carbocycles. The minimum atomic E-state index is -0.706. The first-order valence-electron chi connectivity index (χ1n) is 6.16. The van der Waals surface area contributed by atoms with E-state index >= 15 is 0 Å². The van der Waals surface area contributed by atoms with E-state index in [9.17, 15) is 0 Å². The van der Waals surface area contributed by atoms with Crippen LogP contribution in [0.15, 0.2) is 23.2 Å². The summed E-state index contributed by atoms with van der Waals surface area (Å²) in [4.78, 5) is 6.55. The predicted octanol–water partition coefficient (Wildman–Crippen LogP) is 2.02. The molecule has 114 valence electrons. The van der Waals surface area contributed by atoms with Crippen LogP contribution in [0, 0.1) is 0 Å². The summed E-state index contributed by atoms with van der Waals surface area (Å²) in [6.07, 6.45) is 3.43. The van der Waals surface area contributed by atoms with Gasteiger partial charge in [0.2, 0.25) is 0 Å². The van der Waals surface area contributed by atoms with Crippen LogP contribution < -0.4 is 16.8 Å². The zero-order valence-corrected chi connectivity index (χ0v) is 13.4. The molecule has 1 heterocycles. The number of nitrogens with zero attached hydrogens (tertiary/aromatic N) is 2. The lowest BCUT2D eigenvalue weighted by Gasteiger charge is -2.32. The van der Waals surface area contributed by atoms with Crippen molar-refractivity contribution in [3.8, 4) is 0 Å². The molecule has 20 heavy (non-hydrogen) atoms. The maximum absolute atomic E-state index is 6.42.